The topological polar surface area (TPSA) is 61.4 Å². The van der Waals surface area contributed by atoms with Crippen molar-refractivity contribution >= 4 is 5.91 Å². The van der Waals surface area contributed by atoms with E-state index in [1.807, 2.05) is 19.1 Å². The van der Waals surface area contributed by atoms with Crippen LogP contribution in [0.1, 0.15) is 18.1 Å². The first-order valence-electron chi connectivity index (χ1n) is 6.56. The minimum atomic E-state index is -1.72. The monoisotopic (exact) mass is 270 g/mol. The molecule has 0 saturated heterocycles. The predicted molar refractivity (Wildman–Crippen MR) is 77.7 cm³/mol. The lowest BCUT2D eigenvalue weighted by Crippen LogP contribution is -2.50. The molecule has 0 spiro atoms. The SMILES string of the molecule is CCNNC(=O)C(O)(c1ccccc1)c1ccccc1. The van der Waals surface area contributed by atoms with Crippen LogP contribution in [0, 0.1) is 0 Å². The normalized spacial score (nSPS) is 11.1. The molecule has 0 heterocycles. The van der Waals surface area contributed by atoms with E-state index in [0.717, 1.165) is 0 Å². The zero-order valence-corrected chi connectivity index (χ0v) is 11.3. The van der Waals surface area contributed by atoms with Gasteiger partial charge in [0.2, 0.25) is 0 Å². The number of carbonyl (C=O) groups excluding carboxylic acids is 1. The summed E-state index contributed by atoms with van der Waals surface area (Å²) in [6.07, 6.45) is 0. The van der Waals surface area contributed by atoms with Crippen LogP contribution < -0.4 is 10.9 Å². The summed E-state index contributed by atoms with van der Waals surface area (Å²) in [5.74, 6) is -0.503. The van der Waals surface area contributed by atoms with Crippen molar-refractivity contribution in [2.24, 2.45) is 0 Å². The van der Waals surface area contributed by atoms with E-state index >= 15 is 0 Å². The average Bonchev–Trinajstić information content (AvgIpc) is 2.53. The van der Waals surface area contributed by atoms with Crippen LogP contribution in [0.5, 0.6) is 0 Å². The molecule has 0 aromatic heterocycles. The molecule has 0 aliphatic heterocycles. The molecule has 0 radical (unpaired) electrons. The fourth-order valence-electron chi connectivity index (χ4n) is 2.05. The summed E-state index contributed by atoms with van der Waals surface area (Å²) in [5, 5.41) is 11.0. The van der Waals surface area contributed by atoms with Crippen LogP contribution in [-0.2, 0) is 10.4 Å². The molecule has 2 aromatic rings. The van der Waals surface area contributed by atoms with Gasteiger partial charge in [-0.3, -0.25) is 10.2 Å². The smallest absolute Gasteiger partial charge is 0.275 e. The molecule has 4 nitrogen and oxygen atoms in total. The number of rotatable bonds is 5. The second-order valence-corrected chi connectivity index (χ2v) is 4.43. The van der Waals surface area contributed by atoms with Gasteiger partial charge in [-0.05, 0) is 11.1 Å². The van der Waals surface area contributed by atoms with Crippen molar-refractivity contribution in [1.82, 2.24) is 10.9 Å². The van der Waals surface area contributed by atoms with E-state index in [4.69, 9.17) is 0 Å². The molecular weight excluding hydrogens is 252 g/mol. The summed E-state index contributed by atoms with van der Waals surface area (Å²) in [4.78, 5) is 12.4. The van der Waals surface area contributed by atoms with Gasteiger partial charge in [0.1, 0.15) is 0 Å². The Labute approximate surface area is 118 Å². The fraction of sp³-hybridized carbons (Fsp3) is 0.188. The third-order valence-electron chi connectivity index (χ3n) is 3.09. The van der Waals surface area contributed by atoms with E-state index in [2.05, 4.69) is 10.9 Å². The maximum atomic E-state index is 12.4. The van der Waals surface area contributed by atoms with Crippen LogP contribution in [0.4, 0.5) is 0 Å². The number of benzene rings is 2. The van der Waals surface area contributed by atoms with E-state index in [9.17, 15) is 9.90 Å². The van der Waals surface area contributed by atoms with Crippen LogP contribution in [0.3, 0.4) is 0 Å². The third kappa shape index (κ3) is 2.71. The Morgan fingerprint density at radius 3 is 1.85 bits per heavy atom. The Hall–Kier alpha value is -2.17. The van der Waals surface area contributed by atoms with Gasteiger partial charge in [0.15, 0.2) is 5.60 Å². The van der Waals surface area contributed by atoms with Crippen LogP contribution in [0.2, 0.25) is 0 Å². The zero-order valence-electron chi connectivity index (χ0n) is 11.3. The van der Waals surface area contributed by atoms with Crippen molar-refractivity contribution in [3.63, 3.8) is 0 Å². The van der Waals surface area contributed by atoms with E-state index in [1.54, 1.807) is 48.5 Å². The van der Waals surface area contributed by atoms with Gasteiger partial charge in [-0.15, -0.1) is 0 Å². The lowest BCUT2D eigenvalue weighted by atomic mass is 9.85. The molecule has 104 valence electrons. The molecule has 0 atom stereocenters. The molecule has 0 unspecified atom stereocenters. The van der Waals surface area contributed by atoms with Crippen LogP contribution in [0.25, 0.3) is 0 Å². The van der Waals surface area contributed by atoms with Crippen molar-refractivity contribution in [3.05, 3.63) is 71.8 Å². The standard InChI is InChI=1S/C16H18N2O2/c1-2-17-18-15(19)16(20,13-9-5-3-6-10-13)14-11-7-4-8-12-14/h3-12,17,20H,2H2,1H3,(H,18,19). The molecule has 1 amide bonds. The Bertz CT molecular complexity index is 516. The quantitative estimate of drug-likeness (QED) is 0.723. The number of hydrogen-bond donors (Lipinski definition) is 3. The minimum absolute atomic E-state index is 0.503. The number of aliphatic hydroxyl groups is 1. The van der Waals surface area contributed by atoms with Gasteiger partial charge < -0.3 is 5.11 Å². The number of hydrazine groups is 1. The Morgan fingerprint density at radius 1 is 1.00 bits per heavy atom. The molecule has 0 saturated carbocycles. The molecule has 4 heteroatoms. The number of nitrogens with one attached hydrogen (secondary N) is 2. The molecule has 2 aromatic carbocycles. The molecule has 2 rings (SSSR count). The molecule has 0 bridgehead atoms. The molecule has 20 heavy (non-hydrogen) atoms. The highest BCUT2D eigenvalue weighted by atomic mass is 16.3. The lowest BCUT2D eigenvalue weighted by Gasteiger charge is -2.28. The van der Waals surface area contributed by atoms with Crippen molar-refractivity contribution in [2.75, 3.05) is 6.54 Å². The van der Waals surface area contributed by atoms with E-state index in [1.165, 1.54) is 0 Å². The summed E-state index contributed by atoms with van der Waals surface area (Å²) in [6, 6.07) is 17.8. The molecule has 3 N–H and O–H groups in total. The van der Waals surface area contributed by atoms with Crippen molar-refractivity contribution in [3.8, 4) is 0 Å². The summed E-state index contributed by atoms with van der Waals surface area (Å²) >= 11 is 0. The van der Waals surface area contributed by atoms with Crippen LogP contribution >= 0.6 is 0 Å². The van der Waals surface area contributed by atoms with Crippen molar-refractivity contribution in [2.45, 2.75) is 12.5 Å². The number of carbonyl (C=O) groups is 1. The Kier molecular flexibility index (Phi) is 4.50. The van der Waals surface area contributed by atoms with Gasteiger partial charge in [0.25, 0.3) is 5.91 Å². The minimum Gasteiger partial charge on any atom is -0.372 e. The molecule has 0 fully saturated rings. The molecular formula is C16H18N2O2. The molecule has 0 aliphatic rings. The van der Waals surface area contributed by atoms with Crippen molar-refractivity contribution < 1.29 is 9.90 Å². The number of amides is 1. The van der Waals surface area contributed by atoms with Crippen LogP contribution in [-0.4, -0.2) is 17.6 Å². The predicted octanol–water partition coefficient (Wildman–Crippen LogP) is 1.56. The fourth-order valence-corrected chi connectivity index (χ4v) is 2.05. The summed E-state index contributed by atoms with van der Waals surface area (Å²) in [6.45, 7) is 2.44. The van der Waals surface area contributed by atoms with E-state index < -0.39 is 11.5 Å². The van der Waals surface area contributed by atoms with E-state index in [-0.39, 0.29) is 0 Å². The van der Waals surface area contributed by atoms with Crippen molar-refractivity contribution in [1.29, 1.82) is 0 Å². The van der Waals surface area contributed by atoms with Gasteiger partial charge in [0.05, 0.1) is 0 Å². The van der Waals surface area contributed by atoms with Gasteiger partial charge >= 0.3 is 0 Å². The Morgan fingerprint density at radius 2 is 1.45 bits per heavy atom. The summed E-state index contributed by atoms with van der Waals surface area (Å²) in [5.41, 5.74) is 4.61. The highest BCUT2D eigenvalue weighted by Crippen LogP contribution is 2.29. The largest absolute Gasteiger partial charge is 0.372 e. The van der Waals surface area contributed by atoms with Crippen LogP contribution in [0.15, 0.2) is 60.7 Å². The van der Waals surface area contributed by atoms with E-state index in [0.29, 0.717) is 17.7 Å². The second-order valence-electron chi connectivity index (χ2n) is 4.43. The highest BCUT2D eigenvalue weighted by molar-refractivity contribution is 5.89. The summed E-state index contributed by atoms with van der Waals surface area (Å²) < 4.78 is 0. The first-order valence-corrected chi connectivity index (χ1v) is 6.56. The van der Waals surface area contributed by atoms with Gasteiger partial charge in [0, 0.05) is 6.54 Å². The third-order valence-corrected chi connectivity index (χ3v) is 3.09. The van der Waals surface area contributed by atoms with Gasteiger partial charge in [-0.2, -0.15) is 0 Å². The maximum Gasteiger partial charge on any atom is 0.275 e. The number of hydrogen-bond acceptors (Lipinski definition) is 3. The Balaban J connectivity index is 2.46. The maximum absolute atomic E-state index is 12.4. The summed E-state index contributed by atoms with van der Waals surface area (Å²) in [7, 11) is 0. The van der Waals surface area contributed by atoms with Gasteiger partial charge in [-0.1, -0.05) is 67.6 Å². The zero-order chi connectivity index (χ0) is 14.4. The second kappa shape index (κ2) is 6.32. The molecule has 0 aliphatic carbocycles. The average molecular weight is 270 g/mol. The first-order chi connectivity index (χ1) is 9.69. The highest BCUT2D eigenvalue weighted by Gasteiger charge is 2.39. The lowest BCUT2D eigenvalue weighted by molar-refractivity contribution is -0.137. The first kappa shape index (κ1) is 14.2. The van der Waals surface area contributed by atoms with Gasteiger partial charge in [-0.25, -0.2) is 5.43 Å².